The number of anilines is 2. The minimum atomic E-state index is -0.538. The van der Waals surface area contributed by atoms with Gasteiger partial charge in [-0.25, -0.2) is 9.78 Å². The molecule has 1 aliphatic carbocycles. The van der Waals surface area contributed by atoms with Crippen molar-refractivity contribution >= 4 is 35.3 Å². The van der Waals surface area contributed by atoms with E-state index >= 15 is 0 Å². The molecule has 0 radical (unpaired) electrons. The Labute approximate surface area is 171 Å². The molecular formula is C20H20N8O2. The Morgan fingerprint density at radius 3 is 2.87 bits per heavy atom. The number of nitrogens with zero attached hydrogens (tertiary/aromatic N) is 4. The van der Waals surface area contributed by atoms with Crippen LogP contribution < -0.4 is 21.3 Å². The first-order valence-corrected chi connectivity index (χ1v) is 9.79. The molecule has 0 unspecified atom stereocenters. The van der Waals surface area contributed by atoms with Gasteiger partial charge >= 0.3 is 6.03 Å². The molecule has 3 aromatic heterocycles. The smallest absolute Gasteiger partial charge is 0.326 e. The van der Waals surface area contributed by atoms with Gasteiger partial charge in [-0.05, 0) is 31.1 Å². The summed E-state index contributed by atoms with van der Waals surface area (Å²) >= 11 is 0. The van der Waals surface area contributed by atoms with E-state index in [1.54, 1.807) is 23.0 Å². The summed E-state index contributed by atoms with van der Waals surface area (Å²) in [5, 5.41) is 15.9. The molecule has 0 atom stereocenters. The number of hydrogen-bond donors (Lipinski definition) is 4. The van der Waals surface area contributed by atoms with Crippen molar-refractivity contribution in [3.8, 4) is 0 Å². The van der Waals surface area contributed by atoms with Gasteiger partial charge in [-0.2, -0.15) is 9.61 Å². The van der Waals surface area contributed by atoms with E-state index < -0.39 is 11.9 Å². The van der Waals surface area contributed by atoms with Crippen LogP contribution in [0.15, 0.2) is 42.4 Å². The van der Waals surface area contributed by atoms with Crippen LogP contribution in [0.1, 0.15) is 24.1 Å². The van der Waals surface area contributed by atoms with E-state index in [2.05, 4.69) is 36.3 Å². The first kappa shape index (κ1) is 18.1. The van der Waals surface area contributed by atoms with Gasteiger partial charge in [0.2, 0.25) is 0 Å². The SMILES string of the molecule is O=C1NC(=O)/C(=C/c2cnn3c(NC4CC4)cc(NCCc4ccccn4)nc23)N1. The monoisotopic (exact) mass is 404 g/mol. The third-order valence-electron chi connectivity index (χ3n) is 4.86. The fourth-order valence-electron chi connectivity index (χ4n) is 3.21. The Bertz CT molecular complexity index is 1150. The first-order valence-electron chi connectivity index (χ1n) is 9.79. The normalized spacial score (nSPS) is 17.3. The Morgan fingerprint density at radius 1 is 1.23 bits per heavy atom. The predicted octanol–water partition coefficient (Wildman–Crippen LogP) is 1.53. The number of carbonyl (C=O) groups is 2. The van der Waals surface area contributed by atoms with E-state index in [4.69, 9.17) is 0 Å². The van der Waals surface area contributed by atoms with Gasteiger partial charge in [0.05, 0.1) is 6.20 Å². The molecule has 4 N–H and O–H groups in total. The summed E-state index contributed by atoms with van der Waals surface area (Å²) in [5.74, 6) is 1.05. The number of fused-ring (bicyclic) bond motifs is 1. The van der Waals surface area contributed by atoms with Crippen molar-refractivity contribution in [2.75, 3.05) is 17.2 Å². The number of pyridine rings is 1. The van der Waals surface area contributed by atoms with Gasteiger partial charge in [0.15, 0.2) is 5.65 Å². The van der Waals surface area contributed by atoms with Crippen molar-refractivity contribution in [3.05, 3.63) is 53.6 Å². The zero-order valence-corrected chi connectivity index (χ0v) is 16.1. The number of amides is 3. The quantitative estimate of drug-likeness (QED) is 0.348. The zero-order chi connectivity index (χ0) is 20.5. The molecule has 10 nitrogen and oxygen atoms in total. The van der Waals surface area contributed by atoms with Gasteiger partial charge < -0.3 is 16.0 Å². The summed E-state index contributed by atoms with van der Waals surface area (Å²) in [4.78, 5) is 32.3. The number of carbonyl (C=O) groups excluding carboxylic acids is 2. The van der Waals surface area contributed by atoms with Crippen molar-refractivity contribution in [1.82, 2.24) is 30.2 Å². The lowest BCUT2D eigenvalue weighted by molar-refractivity contribution is -0.115. The van der Waals surface area contributed by atoms with Crippen LogP contribution in [0.5, 0.6) is 0 Å². The van der Waals surface area contributed by atoms with Crippen LogP contribution in [0.25, 0.3) is 11.7 Å². The molecule has 152 valence electrons. The number of aromatic nitrogens is 4. The minimum Gasteiger partial charge on any atom is -0.369 e. The Balaban J connectivity index is 1.44. The standard InChI is InChI=1S/C20H20N8O2/c29-19-15(25-20(30)27-19)9-12-11-23-28-17(24-14-4-5-14)10-16(26-18(12)28)22-8-6-13-3-1-2-7-21-13/h1-3,7,9-11,14,24H,4-6,8H2,(H,22,26)(H2,25,27,29,30)/b15-9-. The predicted molar refractivity (Wildman–Crippen MR) is 111 cm³/mol. The van der Waals surface area contributed by atoms with Crippen LogP contribution in [0.2, 0.25) is 0 Å². The van der Waals surface area contributed by atoms with Crippen LogP contribution in [0.3, 0.4) is 0 Å². The second-order valence-electron chi connectivity index (χ2n) is 7.24. The molecule has 2 aliphatic rings. The Morgan fingerprint density at radius 2 is 2.13 bits per heavy atom. The second-order valence-corrected chi connectivity index (χ2v) is 7.24. The number of hydrogen-bond acceptors (Lipinski definition) is 7. The molecule has 3 aromatic rings. The summed E-state index contributed by atoms with van der Waals surface area (Å²) < 4.78 is 1.71. The average Bonchev–Trinajstić information content (AvgIpc) is 3.37. The van der Waals surface area contributed by atoms with Gasteiger partial charge in [0.1, 0.15) is 17.3 Å². The second kappa shape index (κ2) is 7.47. The molecule has 0 aromatic carbocycles. The van der Waals surface area contributed by atoms with Crippen LogP contribution >= 0.6 is 0 Å². The maximum Gasteiger partial charge on any atom is 0.326 e. The number of nitrogens with one attached hydrogen (secondary N) is 4. The van der Waals surface area contributed by atoms with E-state index in [1.807, 2.05) is 24.3 Å². The summed E-state index contributed by atoms with van der Waals surface area (Å²) in [6.07, 6.45) is 7.99. The van der Waals surface area contributed by atoms with Gasteiger partial charge in [0, 0.05) is 42.5 Å². The third kappa shape index (κ3) is 3.79. The fraction of sp³-hybridized carbons (Fsp3) is 0.250. The van der Waals surface area contributed by atoms with Crippen molar-refractivity contribution in [2.24, 2.45) is 0 Å². The summed E-state index contributed by atoms with van der Waals surface area (Å²) in [5.41, 5.74) is 2.39. The van der Waals surface area contributed by atoms with Crippen molar-refractivity contribution < 1.29 is 9.59 Å². The van der Waals surface area contributed by atoms with Crippen LogP contribution in [0, 0.1) is 0 Å². The molecule has 1 saturated heterocycles. The van der Waals surface area contributed by atoms with E-state index in [-0.39, 0.29) is 5.70 Å². The zero-order valence-electron chi connectivity index (χ0n) is 16.1. The number of imide groups is 1. The third-order valence-corrected chi connectivity index (χ3v) is 4.86. The molecule has 1 saturated carbocycles. The molecule has 5 rings (SSSR count). The lowest BCUT2D eigenvalue weighted by Gasteiger charge is -2.11. The largest absolute Gasteiger partial charge is 0.369 e. The molecule has 1 aliphatic heterocycles. The van der Waals surface area contributed by atoms with Crippen LogP contribution in [0.4, 0.5) is 16.4 Å². The summed E-state index contributed by atoms with van der Waals surface area (Å²) in [6.45, 7) is 0.673. The molecule has 3 amide bonds. The maximum atomic E-state index is 11.9. The maximum absolute atomic E-state index is 11.9. The van der Waals surface area contributed by atoms with E-state index in [0.29, 0.717) is 29.6 Å². The molecule has 2 fully saturated rings. The highest BCUT2D eigenvalue weighted by molar-refractivity contribution is 6.14. The van der Waals surface area contributed by atoms with Crippen molar-refractivity contribution in [1.29, 1.82) is 0 Å². The molecule has 4 heterocycles. The summed E-state index contributed by atoms with van der Waals surface area (Å²) in [6, 6.07) is 7.67. The topological polar surface area (TPSA) is 125 Å². The van der Waals surface area contributed by atoms with E-state index in [9.17, 15) is 9.59 Å². The van der Waals surface area contributed by atoms with Gasteiger partial charge in [-0.3, -0.25) is 15.1 Å². The van der Waals surface area contributed by atoms with Crippen molar-refractivity contribution in [3.63, 3.8) is 0 Å². The first-order chi connectivity index (χ1) is 14.7. The van der Waals surface area contributed by atoms with Crippen LogP contribution in [-0.2, 0) is 11.2 Å². The number of urea groups is 1. The Kier molecular flexibility index (Phi) is 4.51. The lowest BCUT2D eigenvalue weighted by atomic mass is 10.2. The van der Waals surface area contributed by atoms with Gasteiger partial charge in [-0.1, -0.05) is 6.07 Å². The van der Waals surface area contributed by atoms with Crippen molar-refractivity contribution in [2.45, 2.75) is 25.3 Å². The van der Waals surface area contributed by atoms with Gasteiger partial charge in [-0.15, -0.1) is 0 Å². The van der Waals surface area contributed by atoms with E-state index in [1.165, 1.54) is 0 Å². The molecule has 0 spiro atoms. The lowest BCUT2D eigenvalue weighted by Crippen LogP contribution is -2.22. The molecule has 30 heavy (non-hydrogen) atoms. The minimum absolute atomic E-state index is 0.168. The average molecular weight is 404 g/mol. The number of rotatable bonds is 7. The highest BCUT2D eigenvalue weighted by Crippen LogP contribution is 2.27. The molecule has 10 heteroatoms. The van der Waals surface area contributed by atoms with Crippen LogP contribution in [-0.4, -0.2) is 44.1 Å². The molecule has 0 bridgehead atoms. The fourth-order valence-corrected chi connectivity index (χ4v) is 3.21. The van der Waals surface area contributed by atoms with E-state index in [0.717, 1.165) is 30.8 Å². The summed E-state index contributed by atoms with van der Waals surface area (Å²) in [7, 11) is 0. The highest BCUT2D eigenvalue weighted by atomic mass is 16.2. The Hall–Kier alpha value is -3.95. The molecular weight excluding hydrogens is 384 g/mol. The highest BCUT2D eigenvalue weighted by Gasteiger charge is 2.25. The van der Waals surface area contributed by atoms with Gasteiger partial charge in [0.25, 0.3) is 5.91 Å².